The van der Waals surface area contributed by atoms with Crippen LogP contribution in [0.1, 0.15) is 28.8 Å². The number of ketones is 1. The highest BCUT2D eigenvalue weighted by Crippen LogP contribution is 2.25. The normalized spacial score (nSPS) is 18.1. The fraction of sp³-hybridized carbons (Fsp3) is 0.350. The summed E-state index contributed by atoms with van der Waals surface area (Å²) in [7, 11) is 1.40. The number of halogens is 1. The molecule has 1 unspecified atom stereocenters. The molecule has 1 atom stereocenters. The Balaban J connectivity index is 1.68. The fourth-order valence-corrected chi connectivity index (χ4v) is 3.38. The third-order valence-corrected chi connectivity index (χ3v) is 4.63. The molecular weight excluding hydrogens is 321 g/mol. The van der Waals surface area contributed by atoms with Crippen LogP contribution in [-0.4, -0.2) is 36.0 Å². The molecule has 132 valence electrons. The Morgan fingerprint density at radius 2 is 2.16 bits per heavy atom. The molecule has 1 saturated heterocycles. The molecule has 0 amide bonds. The number of methoxy groups -OCH3 is 1. The van der Waals surface area contributed by atoms with E-state index in [9.17, 15) is 14.3 Å². The van der Waals surface area contributed by atoms with Gasteiger partial charge in [0.05, 0.1) is 7.11 Å². The van der Waals surface area contributed by atoms with E-state index < -0.39 is 5.82 Å². The maximum atomic E-state index is 13.9. The van der Waals surface area contributed by atoms with Crippen molar-refractivity contribution in [1.29, 1.82) is 0 Å². The summed E-state index contributed by atoms with van der Waals surface area (Å²) in [6.07, 6.45) is 1.73. The van der Waals surface area contributed by atoms with E-state index >= 15 is 0 Å². The first kappa shape index (κ1) is 17.4. The van der Waals surface area contributed by atoms with Crippen LogP contribution in [0.3, 0.4) is 0 Å². The van der Waals surface area contributed by atoms with Gasteiger partial charge in [-0.05, 0) is 55.3 Å². The van der Waals surface area contributed by atoms with E-state index in [0.717, 1.165) is 24.9 Å². The second-order valence-electron chi connectivity index (χ2n) is 6.46. The lowest BCUT2D eigenvalue weighted by molar-refractivity contribution is 0.0811. The number of likely N-dealkylation sites (tertiary alicyclic amines) is 1. The van der Waals surface area contributed by atoms with Crippen LogP contribution in [0.15, 0.2) is 42.5 Å². The third-order valence-electron chi connectivity index (χ3n) is 4.63. The van der Waals surface area contributed by atoms with Gasteiger partial charge < -0.3 is 9.84 Å². The number of phenolic OH excluding ortho intramolecular Hbond substituents is 1. The van der Waals surface area contributed by atoms with Gasteiger partial charge in [0.25, 0.3) is 0 Å². The number of hydrogen-bond donors (Lipinski definition) is 1. The summed E-state index contributed by atoms with van der Waals surface area (Å²) in [5.41, 5.74) is 1.41. The molecule has 1 aliphatic rings. The average molecular weight is 343 g/mol. The maximum absolute atomic E-state index is 13.9. The number of nitrogens with zero attached hydrogens (tertiary/aromatic N) is 1. The topological polar surface area (TPSA) is 49.8 Å². The Kier molecular flexibility index (Phi) is 5.34. The molecule has 0 bridgehead atoms. The summed E-state index contributed by atoms with van der Waals surface area (Å²) in [5.74, 6) is -0.289. The second kappa shape index (κ2) is 7.66. The average Bonchev–Trinajstić information content (AvgIpc) is 2.61. The highest BCUT2D eigenvalue weighted by atomic mass is 19.1. The van der Waals surface area contributed by atoms with Gasteiger partial charge in [-0.2, -0.15) is 0 Å². The highest BCUT2D eigenvalue weighted by molar-refractivity contribution is 5.98. The number of rotatable bonds is 5. The quantitative estimate of drug-likeness (QED) is 0.842. The number of aromatic hydroxyl groups is 1. The predicted octanol–water partition coefficient (Wildman–Crippen LogP) is 3.63. The monoisotopic (exact) mass is 343 g/mol. The number of Topliss-reactive ketones (excluding diaryl/α,β-unsaturated/α-hetero) is 1. The molecule has 0 spiro atoms. The van der Waals surface area contributed by atoms with Crippen LogP contribution in [0.5, 0.6) is 11.5 Å². The molecule has 0 aliphatic carbocycles. The molecule has 3 rings (SSSR count). The smallest absolute Gasteiger partial charge is 0.167 e. The van der Waals surface area contributed by atoms with Gasteiger partial charge in [0, 0.05) is 24.6 Å². The van der Waals surface area contributed by atoms with Crippen molar-refractivity contribution in [3.63, 3.8) is 0 Å². The van der Waals surface area contributed by atoms with E-state index in [4.69, 9.17) is 4.74 Å². The van der Waals surface area contributed by atoms with Crippen molar-refractivity contribution in [2.75, 3.05) is 20.2 Å². The predicted molar refractivity (Wildman–Crippen MR) is 93.4 cm³/mol. The van der Waals surface area contributed by atoms with Crippen molar-refractivity contribution in [1.82, 2.24) is 4.90 Å². The van der Waals surface area contributed by atoms with E-state index in [1.54, 1.807) is 18.2 Å². The number of carbonyl (C=O) groups excluding carboxylic acids is 1. The number of benzene rings is 2. The molecule has 4 nitrogen and oxygen atoms in total. The minimum atomic E-state index is -0.513. The van der Waals surface area contributed by atoms with Crippen LogP contribution >= 0.6 is 0 Å². The van der Waals surface area contributed by atoms with Gasteiger partial charge in [-0.1, -0.05) is 12.1 Å². The minimum absolute atomic E-state index is 0.0258. The van der Waals surface area contributed by atoms with Gasteiger partial charge in [0.2, 0.25) is 0 Å². The SMILES string of the molecule is COc1ccc(C(=O)C2CCCN(Cc3cccc(O)c3)C2)cc1F. The van der Waals surface area contributed by atoms with Crippen LogP contribution in [0.25, 0.3) is 0 Å². The molecule has 0 saturated carbocycles. The van der Waals surface area contributed by atoms with Gasteiger partial charge >= 0.3 is 0 Å². The van der Waals surface area contributed by atoms with E-state index in [2.05, 4.69) is 4.90 Å². The lowest BCUT2D eigenvalue weighted by atomic mass is 9.89. The van der Waals surface area contributed by atoms with E-state index in [1.165, 1.54) is 19.2 Å². The van der Waals surface area contributed by atoms with Crippen molar-refractivity contribution < 1.29 is 19.0 Å². The highest BCUT2D eigenvalue weighted by Gasteiger charge is 2.27. The van der Waals surface area contributed by atoms with Crippen molar-refractivity contribution in [2.24, 2.45) is 5.92 Å². The first-order valence-electron chi connectivity index (χ1n) is 8.45. The summed E-state index contributed by atoms with van der Waals surface area (Å²) in [5, 5.41) is 9.58. The van der Waals surface area contributed by atoms with Crippen LogP contribution in [0.2, 0.25) is 0 Å². The largest absolute Gasteiger partial charge is 0.508 e. The Bertz CT molecular complexity index is 762. The maximum Gasteiger partial charge on any atom is 0.167 e. The summed E-state index contributed by atoms with van der Waals surface area (Å²) in [6.45, 7) is 2.24. The van der Waals surface area contributed by atoms with E-state index in [-0.39, 0.29) is 23.2 Å². The lowest BCUT2D eigenvalue weighted by Gasteiger charge is -2.32. The van der Waals surface area contributed by atoms with Crippen LogP contribution in [0.4, 0.5) is 4.39 Å². The van der Waals surface area contributed by atoms with Crippen LogP contribution in [0, 0.1) is 11.7 Å². The fourth-order valence-electron chi connectivity index (χ4n) is 3.38. The van der Waals surface area contributed by atoms with Crippen molar-refractivity contribution in [3.8, 4) is 11.5 Å². The molecule has 0 radical (unpaired) electrons. The molecule has 25 heavy (non-hydrogen) atoms. The molecule has 1 N–H and O–H groups in total. The first-order chi connectivity index (χ1) is 12.1. The number of phenols is 1. The van der Waals surface area contributed by atoms with Crippen molar-refractivity contribution >= 4 is 5.78 Å². The summed E-state index contributed by atoms with van der Waals surface area (Å²) in [6, 6.07) is 11.5. The summed E-state index contributed by atoms with van der Waals surface area (Å²) >= 11 is 0. The van der Waals surface area contributed by atoms with Crippen molar-refractivity contribution in [3.05, 3.63) is 59.4 Å². The number of ether oxygens (including phenoxy) is 1. The molecule has 1 fully saturated rings. The lowest BCUT2D eigenvalue weighted by Crippen LogP contribution is -2.38. The zero-order valence-electron chi connectivity index (χ0n) is 14.2. The molecule has 2 aromatic rings. The third kappa shape index (κ3) is 4.17. The molecular formula is C20H22FNO3. The minimum Gasteiger partial charge on any atom is -0.508 e. The molecule has 0 aromatic heterocycles. The molecule has 2 aromatic carbocycles. The number of hydrogen-bond acceptors (Lipinski definition) is 4. The molecule has 5 heteroatoms. The summed E-state index contributed by atoms with van der Waals surface area (Å²) in [4.78, 5) is 14.9. The zero-order valence-corrected chi connectivity index (χ0v) is 14.2. The Labute approximate surface area is 146 Å². The Hall–Kier alpha value is -2.40. The van der Waals surface area contributed by atoms with Gasteiger partial charge in [-0.3, -0.25) is 9.69 Å². The van der Waals surface area contributed by atoms with Crippen LogP contribution in [-0.2, 0) is 6.54 Å². The molecule has 1 aliphatic heterocycles. The Morgan fingerprint density at radius 1 is 1.32 bits per heavy atom. The van der Waals surface area contributed by atoms with Gasteiger partial charge in [-0.15, -0.1) is 0 Å². The van der Waals surface area contributed by atoms with Gasteiger partial charge in [0.15, 0.2) is 17.3 Å². The van der Waals surface area contributed by atoms with Gasteiger partial charge in [0.1, 0.15) is 5.75 Å². The van der Waals surface area contributed by atoms with Gasteiger partial charge in [-0.25, -0.2) is 4.39 Å². The summed E-state index contributed by atoms with van der Waals surface area (Å²) < 4.78 is 18.8. The molecule has 1 heterocycles. The Morgan fingerprint density at radius 3 is 2.88 bits per heavy atom. The second-order valence-corrected chi connectivity index (χ2v) is 6.46. The van der Waals surface area contributed by atoms with Crippen LogP contribution < -0.4 is 4.74 Å². The van der Waals surface area contributed by atoms with E-state index in [1.807, 2.05) is 12.1 Å². The van der Waals surface area contributed by atoms with E-state index in [0.29, 0.717) is 18.7 Å². The number of piperidine rings is 1. The number of carbonyl (C=O) groups is 1. The first-order valence-corrected chi connectivity index (χ1v) is 8.45. The van der Waals surface area contributed by atoms with Crippen molar-refractivity contribution in [2.45, 2.75) is 19.4 Å². The standard InChI is InChI=1S/C20H22FNO3/c1-25-19-8-7-15(11-18(19)21)20(24)16-5-3-9-22(13-16)12-14-4-2-6-17(23)10-14/h2,4,6-8,10-11,16,23H,3,5,9,12-13H2,1H3. The zero-order chi connectivity index (χ0) is 17.8.